The third-order valence-corrected chi connectivity index (χ3v) is 2.00. The number of hydrogen-bond donors (Lipinski definition) is 1. The minimum absolute atomic E-state index is 0.132. The average molecular weight is 140 g/mol. The summed E-state index contributed by atoms with van der Waals surface area (Å²) in [6, 6.07) is 0. The molecule has 2 atom stereocenters. The van der Waals surface area contributed by atoms with Gasteiger partial charge in [0.05, 0.1) is 6.10 Å². The molecule has 1 aliphatic carbocycles. The van der Waals surface area contributed by atoms with E-state index >= 15 is 0 Å². The molecule has 1 rings (SSSR count). The molecule has 0 radical (unpaired) electrons. The SMILES string of the molecule is C[C@H](O)C[C@H]1C=CCCC1. The molecule has 0 aromatic rings. The third kappa shape index (κ3) is 2.53. The molecule has 1 heteroatoms. The number of aliphatic hydroxyl groups excluding tert-OH is 1. The highest BCUT2D eigenvalue weighted by Crippen LogP contribution is 2.21. The Morgan fingerprint density at radius 3 is 3.00 bits per heavy atom. The third-order valence-electron chi connectivity index (χ3n) is 2.00. The fourth-order valence-electron chi connectivity index (χ4n) is 1.52. The van der Waals surface area contributed by atoms with Crippen molar-refractivity contribution in [1.82, 2.24) is 0 Å². The molecule has 0 aromatic carbocycles. The van der Waals surface area contributed by atoms with Crippen LogP contribution >= 0.6 is 0 Å². The van der Waals surface area contributed by atoms with Gasteiger partial charge in [-0.25, -0.2) is 0 Å². The molecule has 0 spiro atoms. The molecule has 10 heavy (non-hydrogen) atoms. The maximum atomic E-state index is 9.07. The van der Waals surface area contributed by atoms with E-state index in [0.717, 1.165) is 6.42 Å². The molecule has 0 amide bonds. The lowest BCUT2D eigenvalue weighted by molar-refractivity contribution is 0.166. The van der Waals surface area contributed by atoms with Gasteiger partial charge < -0.3 is 5.11 Å². The summed E-state index contributed by atoms with van der Waals surface area (Å²) in [4.78, 5) is 0. The topological polar surface area (TPSA) is 20.2 Å². The highest BCUT2D eigenvalue weighted by atomic mass is 16.3. The van der Waals surface area contributed by atoms with E-state index in [2.05, 4.69) is 12.2 Å². The van der Waals surface area contributed by atoms with Crippen LogP contribution in [0.5, 0.6) is 0 Å². The summed E-state index contributed by atoms with van der Waals surface area (Å²) in [5.41, 5.74) is 0. The average Bonchev–Trinajstić information content (AvgIpc) is 1.88. The zero-order valence-corrected chi connectivity index (χ0v) is 6.59. The van der Waals surface area contributed by atoms with Crippen molar-refractivity contribution < 1.29 is 5.11 Å². The first kappa shape index (κ1) is 7.80. The number of aliphatic hydroxyl groups is 1. The van der Waals surface area contributed by atoms with E-state index in [-0.39, 0.29) is 6.10 Å². The Kier molecular flexibility index (Phi) is 2.94. The Hall–Kier alpha value is -0.300. The molecule has 0 bridgehead atoms. The second-order valence-electron chi connectivity index (χ2n) is 3.20. The second kappa shape index (κ2) is 3.77. The summed E-state index contributed by atoms with van der Waals surface area (Å²) in [5.74, 6) is 0.647. The fraction of sp³-hybridized carbons (Fsp3) is 0.778. The fourth-order valence-corrected chi connectivity index (χ4v) is 1.52. The lowest BCUT2D eigenvalue weighted by Gasteiger charge is -2.17. The van der Waals surface area contributed by atoms with Crippen LogP contribution in [0.3, 0.4) is 0 Å². The normalized spacial score (nSPS) is 28.4. The van der Waals surface area contributed by atoms with Gasteiger partial charge >= 0.3 is 0 Å². The van der Waals surface area contributed by atoms with Gasteiger partial charge in [-0.3, -0.25) is 0 Å². The van der Waals surface area contributed by atoms with E-state index in [4.69, 9.17) is 5.11 Å². The summed E-state index contributed by atoms with van der Waals surface area (Å²) in [7, 11) is 0. The van der Waals surface area contributed by atoms with Crippen molar-refractivity contribution in [2.24, 2.45) is 5.92 Å². The second-order valence-corrected chi connectivity index (χ2v) is 3.20. The van der Waals surface area contributed by atoms with E-state index < -0.39 is 0 Å². The standard InChI is InChI=1S/C9H16O/c1-8(10)7-9-5-3-2-4-6-9/h3,5,8-10H,2,4,6-7H2,1H3/t8-,9-/m0/s1. The highest BCUT2D eigenvalue weighted by molar-refractivity contribution is 4.93. The first-order valence-electron chi connectivity index (χ1n) is 4.14. The molecule has 0 heterocycles. The van der Waals surface area contributed by atoms with Crippen molar-refractivity contribution in [3.05, 3.63) is 12.2 Å². The molecule has 0 aromatic heterocycles. The smallest absolute Gasteiger partial charge is 0.0517 e. The quantitative estimate of drug-likeness (QED) is 0.582. The van der Waals surface area contributed by atoms with E-state index in [1.807, 2.05) is 6.92 Å². The number of hydrogen-bond acceptors (Lipinski definition) is 1. The van der Waals surface area contributed by atoms with Crippen molar-refractivity contribution in [1.29, 1.82) is 0 Å². The first-order chi connectivity index (χ1) is 4.79. The van der Waals surface area contributed by atoms with Crippen LogP contribution in [-0.2, 0) is 0 Å². The van der Waals surface area contributed by atoms with E-state index in [1.54, 1.807) is 0 Å². The Balaban J connectivity index is 2.26. The van der Waals surface area contributed by atoms with Crippen molar-refractivity contribution in [2.45, 2.75) is 38.7 Å². The van der Waals surface area contributed by atoms with Crippen LogP contribution in [0, 0.1) is 5.92 Å². The summed E-state index contributed by atoms with van der Waals surface area (Å²) < 4.78 is 0. The predicted octanol–water partition coefficient (Wildman–Crippen LogP) is 2.11. The van der Waals surface area contributed by atoms with Crippen molar-refractivity contribution in [2.75, 3.05) is 0 Å². The van der Waals surface area contributed by atoms with E-state index in [9.17, 15) is 0 Å². The van der Waals surface area contributed by atoms with E-state index in [1.165, 1.54) is 19.3 Å². The van der Waals surface area contributed by atoms with E-state index in [0.29, 0.717) is 5.92 Å². The Morgan fingerprint density at radius 2 is 2.50 bits per heavy atom. The molecule has 0 unspecified atom stereocenters. The van der Waals surface area contributed by atoms with Crippen LogP contribution in [0.1, 0.15) is 32.6 Å². The summed E-state index contributed by atoms with van der Waals surface area (Å²) in [6.07, 6.45) is 9.09. The summed E-state index contributed by atoms with van der Waals surface area (Å²) in [6.45, 7) is 1.86. The lowest BCUT2D eigenvalue weighted by Crippen LogP contribution is -2.09. The van der Waals surface area contributed by atoms with Gasteiger partial charge in [-0.05, 0) is 38.5 Å². The molecule has 1 nitrogen and oxygen atoms in total. The molecule has 1 N–H and O–H groups in total. The van der Waals surface area contributed by atoms with Gasteiger partial charge in [-0.2, -0.15) is 0 Å². The van der Waals surface area contributed by atoms with Crippen molar-refractivity contribution in [3.8, 4) is 0 Å². The predicted molar refractivity (Wildman–Crippen MR) is 42.8 cm³/mol. The minimum Gasteiger partial charge on any atom is -0.393 e. The Morgan fingerprint density at radius 1 is 1.70 bits per heavy atom. The molecule has 0 fully saturated rings. The Labute approximate surface area is 62.8 Å². The molecule has 0 saturated heterocycles. The van der Waals surface area contributed by atoms with Crippen molar-refractivity contribution >= 4 is 0 Å². The van der Waals surface area contributed by atoms with Crippen LogP contribution in [0.2, 0.25) is 0 Å². The first-order valence-corrected chi connectivity index (χ1v) is 4.14. The maximum Gasteiger partial charge on any atom is 0.0517 e. The van der Waals surface area contributed by atoms with Gasteiger partial charge in [-0.1, -0.05) is 12.2 Å². The number of rotatable bonds is 2. The molecule has 0 saturated carbocycles. The van der Waals surface area contributed by atoms with Gasteiger partial charge in [0.15, 0.2) is 0 Å². The van der Waals surface area contributed by atoms with Crippen LogP contribution < -0.4 is 0 Å². The minimum atomic E-state index is -0.132. The van der Waals surface area contributed by atoms with Gasteiger partial charge in [0.25, 0.3) is 0 Å². The van der Waals surface area contributed by atoms with Gasteiger partial charge in [0.2, 0.25) is 0 Å². The largest absolute Gasteiger partial charge is 0.393 e. The van der Waals surface area contributed by atoms with Crippen LogP contribution in [-0.4, -0.2) is 11.2 Å². The van der Waals surface area contributed by atoms with Crippen LogP contribution in [0.15, 0.2) is 12.2 Å². The van der Waals surface area contributed by atoms with Gasteiger partial charge in [0.1, 0.15) is 0 Å². The molecular weight excluding hydrogens is 124 g/mol. The van der Waals surface area contributed by atoms with Gasteiger partial charge in [-0.15, -0.1) is 0 Å². The zero-order valence-electron chi connectivity index (χ0n) is 6.59. The summed E-state index contributed by atoms with van der Waals surface area (Å²) >= 11 is 0. The lowest BCUT2D eigenvalue weighted by atomic mass is 9.91. The van der Waals surface area contributed by atoms with Crippen LogP contribution in [0.4, 0.5) is 0 Å². The number of allylic oxidation sites excluding steroid dienone is 2. The molecule has 1 aliphatic rings. The highest BCUT2D eigenvalue weighted by Gasteiger charge is 2.09. The molecule has 0 aliphatic heterocycles. The van der Waals surface area contributed by atoms with Gasteiger partial charge in [0, 0.05) is 0 Å². The Bertz CT molecular complexity index is 116. The maximum absolute atomic E-state index is 9.07. The molecule has 58 valence electrons. The molecular formula is C9H16O. The summed E-state index contributed by atoms with van der Waals surface area (Å²) in [5, 5.41) is 9.07. The van der Waals surface area contributed by atoms with Crippen molar-refractivity contribution in [3.63, 3.8) is 0 Å². The zero-order chi connectivity index (χ0) is 7.40. The van der Waals surface area contributed by atoms with Crippen LogP contribution in [0.25, 0.3) is 0 Å². The monoisotopic (exact) mass is 140 g/mol.